The molecule has 0 saturated heterocycles. The van der Waals surface area contributed by atoms with E-state index in [1.54, 1.807) is 6.20 Å². The second kappa shape index (κ2) is 4.05. The number of benzene rings is 1. The van der Waals surface area contributed by atoms with Crippen molar-refractivity contribution < 1.29 is 0 Å². The van der Waals surface area contributed by atoms with Gasteiger partial charge in [-0.2, -0.15) is 5.10 Å². The van der Waals surface area contributed by atoms with Gasteiger partial charge in [0.05, 0.1) is 16.6 Å². The number of aryl methyl sites for hydroxylation is 2. The first-order valence-electron chi connectivity index (χ1n) is 6.64. The van der Waals surface area contributed by atoms with Gasteiger partial charge in [-0.1, -0.05) is 6.07 Å². The third kappa shape index (κ3) is 1.62. The smallest absolute Gasteiger partial charge is 0.200 e. The van der Waals surface area contributed by atoms with E-state index in [-0.39, 0.29) is 0 Å². The molecule has 4 aromatic rings. The minimum absolute atomic E-state index is 0.509. The molecule has 2 N–H and O–H groups in total. The monoisotopic (exact) mass is 278 g/mol. The maximum Gasteiger partial charge on any atom is 0.200 e. The van der Waals surface area contributed by atoms with E-state index in [1.807, 2.05) is 53.8 Å². The van der Waals surface area contributed by atoms with Crippen LogP contribution >= 0.6 is 0 Å². The predicted molar refractivity (Wildman–Crippen MR) is 82.6 cm³/mol. The fourth-order valence-corrected chi connectivity index (χ4v) is 2.69. The van der Waals surface area contributed by atoms with Gasteiger partial charge in [-0.25, -0.2) is 4.98 Å². The second-order valence-electron chi connectivity index (χ2n) is 5.10. The van der Waals surface area contributed by atoms with Crippen LogP contribution < -0.4 is 5.73 Å². The van der Waals surface area contributed by atoms with Crippen LogP contribution in [0.5, 0.6) is 0 Å². The minimum Gasteiger partial charge on any atom is -0.369 e. The highest BCUT2D eigenvalue weighted by Crippen LogP contribution is 2.29. The molecule has 0 radical (unpaired) electrons. The summed E-state index contributed by atoms with van der Waals surface area (Å²) in [6, 6.07) is 8.03. The highest BCUT2D eigenvalue weighted by molar-refractivity contribution is 5.95. The number of aromatic nitrogens is 5. The number of hydrogen-bond donors (Lipinski definition) is 1. The third-order valence-electron chi connectivity index (χ3n) is 3.84. The van der Waals surface area contributed by atoms with Crippen molar-refractivity contribution in [2.75, 3.05) is 5.73 Å². The summed E-state index contributed by atoms with van der Waals surface area (Å²) in [5.41, 5.74) is 10.7. The SMILES string of the molecule is Cn1nc(-c2ccc3c(c2)nc(N)n3C)c2cnccc21. The molecule has 0 aliphatic carbocycles. The molecule has 0 spiro atoms. The van der Waals surface area contributed by atoms with E-state index in [1.165, 1.54) is 0 Å². The summed E-state index contributed by atoms with van der Waals surface area (Å²) in [4.78, 5) is 8.58. The van der Waals surface area contributed by atoms with Crippen LogP contribution in [0.25, 0.3) is 33.2 Å². The molecular formula is C15H14N6. The third-order valence-corrected chi connectivity index (χ3v) is 3.84. The lowest BCUT2D eigenvalue weighted by Crippen LogP contribution is -1.95. The predicted octanol–water partition coefficient (Wildman–Crippen LogP) is 2.10. The number of fused-ring (bicyclic) bond motifs is 2. The van der Waals surface area contributed by atoms with Gasteiger partial charge in [-0.15, -0.1) is 0 Å². The molecule has 0 amide bonds. The van der Waals surface area contributed by atoms with E-state index in [2.05, 4.69) is 15.1 Å². The summed E-state index contributed by atoms with van der Waals surface area (Å²) in [5.74, 6) is 0.509. The van der Waals surface area contributed by atoms with E-state index in [4.69, 9.17) is 5.73 Å². The van der Waals surface area contributed by atoms with Crippen LogP contribution in [0.15, 0.2) is 36.7 Å². The van der Waals surface area contributed by atoms with Crippen LogP contribution in [0.3, 0.4) is 0 Å². The largest absolute Gasteiger partial charge is 0.369 e. The summed E-state index contributed by atoms with van der Waals surface area (Å²) < 4.78 is 3.74. The van der Waals surface area contributed by atoms with Crippen LogP contribution in [-0.4, -0.2) is 24.3 Å². The molecule has 0 unspecified atom stereocenters. The molecule has 6 nitrogen and oxygen atoms in total. The Kier molecular flexibility index (Phi) is 2.29. The van der Waals surface area contributed by atoms with E-state index in [0.717, 1.165) is 33.2 Å². The Morgan fingerprint density at radius 2 is 1.95 bits per heavy atom. The van der Waals surface area contributed by atoms with Crippen molar-refractivity contribution in [2.24, 2.45) is 14.1 Å². The summed E-state index contributed by atoms with van der Waals surface area (Å²) in [6.07, 6.45) is 3.62. The van der Waals surface area contributed by atoms with E-state index < -0.39 is 0 Å². The Hall–Kier alpha value is -2.89. The number of nitrogens with two attached hydrogens (primary N) is 1. The molecule has 6 heteroatoms. The summed E-state index contributed by atoms with van der Waals surface area (Å²) in [5, 5.41) is 5.64. The second-order valence-corrected chi connectivity index (χ2v) is 5.10. The van der Waals surface area contributed by atoms with Crippen molar-refractivity contribution in [3.8, 4) is 11.3 Å². The Morgan fingerprint density at radius 1 is 1.10 bits per heavy atom. The number of hydrogen-bond acceptors (Lipinski definition) is 4. The van der Waals surface area contributed by atoms with Crippen LogP contribution in [0.4, 0.5) is 5.95 Å². The van der Waals surface area contributed by atoms with E-state index >= 15 is 0 Å². The molecule has 0 fully saturated rings. The molecule has 0 saturated carbocycles. The van der Waals surface area contributed by atoms with Crippen LogP contribution in [0.2, 0.25) is 0 Å². The quantitative estimate of drug-likeness (QED) is 0.578. The fraction of sp³-hybridized carbons (Fsp3) is 0.133. The molecule has 1 aromatic carbocycles. The standard InChI is InChI=1S/C15H14N6/c1-20-13-4-3-9(7-11(13)18-15(20)16)14-10-8-17-6-5-12(10)21(2)19-14/h3-8H,1-2H3,(H2,16,18). The van der Waals surface area contributed by atoms with E-state index in [0.29, 0.717) is 5.95 Å². The van der Waals surface area contributed by atoms with Gasteiger partial charge in [0.15, 0.2) is 0 Å². The van der Waals surface area contributed by atoms with Gasteiger partial charge in [-0.3, -0.25) is 9.67 Å². The average molecular weight is 278 g/mol. The summed E-state index contributed by atoms with van der Waals surface area (Å²) in [6.45, 7) is 0. The summed E-state index contributed by atoms with van der Waals surface area (Å²) in [7, 11) is 3.84. The molecule has 0 atom stereocenters. The molecule has 3 aromatic heterocycles. The zero-order chi connectivity index (χ0) is 14.6. The van der Waals surface area contributed by atoms with Gasteiger partial charge in [0.1, 0.15) is 5.69 Å². The van der Waals surface area contributed by atoms with Crippen molar-refractivity contribution in [3.63, 3.8) is 0 Å². The Labute approximate surface area is 120 Å². The molecule has 3 heterocycles. The van der Waals surface area contributed by atoms with Crippen LogP contribution in [0.1, 0.15) is 0 Å². The first kappa shape index (κ1) is 11.9. The number of nitrogens with zero attached hydrogens (tertiary/aromatic N) is 5. The van der Waals surface area contributed by atoms with Gasteiger partial charge in [0.2, 0.25) is 5.95 Å². The lowest BCUT2D eigenvalue weighted by molar-refractivity contribution is 0.800. The van der Waals surface area contributed by atoms with Crippen LogP contribution in [0, 0.1) is 0 Å². The molecule has 0 aliphatic rings. The number of anilines is 1. The number of nitrogen functional groups attached to an aromatic ring is 1. The molecule has 4 rings (SSSR count). The molecule has 0 bridgehead atoms. The highest BCUT2D eigenvalue weighted by Gasteiger charge is 2.12. The molecule has 104 valence electrons. The van der Waals surface area contributed by atoms with Gasteiger partial charge in [0, 0.05) is 37.4 Å². The maximum absolute atomic E-state index is 5.86. The summed E-state index contributed by atoms with van der Waals surface area (Å²) >= 11 is 0. The van der Waals surface area contributed by atoms with Gasteiger partial charge < -0.3 is 10.3 Å². The van der Waals surface area contributed by atoms with Crippen molar-refractivity contribution in [2.45, 2.75) is 0 Å². The Balaban J connectivity index is 2.00. The topological polar surface area (TPSA) is 74.6 Å². The van der Waals surface area contributed by atoms with Gasteiger partial charge in [-0.05, 0) is 18.2 Å². The maximum atomic E-state index is 5.86. The molecule has 0 aliphatic heterocycles. The lowest BCUT2D eigenvalue weighted by atomic mass is 10.1. The average Bonchev–Trinajstić information content (AvgIpc) is 2.98. The van der Waals surface area contributed by atoms with Crippen LogP contribution in [-0.2, 0) is 14.1 Å². The van der Waals surface area contributed by atoms with E-state index in [9.17, 15) is 0 Å². The zero-order valence-corrected chi connectivity index (χ0v) is 11.8. The van der Waals surface area contributed by atoms with Crippen molar-refractivity contribution in [1.29, 1.82) is 0 Å². The lowest BCUT2D eigenvalue weighted by Gasteiger charge is -1.99. The van der Waals surface area contributed by atoms with Crippen molar-refractivity contribution in [1.82, 2.24) is 24.3 Å². The minimum atomic E-state index is 0.509. The molecular weight excluding hydrogens is 264 g/mol. The van der Waals surface area contributed by atoms with Gasteiger partial charge in [0.25, 0.3) is 0 Å². The highest BCUT2D eigenvalue weighted by atomic mass is 15.3. The van der Waals surface area contributed by atoms with Crippen molar-refractivity contribution in [3.05, 3.63) is 36.7 Å². The zero-order valence-electron chi connectivity index (χ0n) is 11.8. The Morgan fingerprint density at radius 3 is 2.81 bits per heavy atom. The van der Waals surface area contributed by atoms with Crippen molar-refractivity contribution >= 4 is 27.9 Å². The Bertz CT molecular complexity index is 979. The first-order chi connectivity index (χ1) is 10.1. The fourth-order valence-electron chi connectivity index (χ4n) is 2.69. The molecule has 21 heavy (non-hydrogen) atoms. The normalized spacial score (nSPS) is 11.5. The number of rotatable bonds is 1. The number of pyridine rings is 1. The van der Waals surface area contributed by atoms with Gasteiger partial charge >= 0.3 is 0 Å². The first-order valence-corrected chi connectivity index (χ1v) is 6.64. The number of imidazole rings is 1.